The summed E-state index contributed by atoms with van der Waals surface area (Å²) in [6.45, 7) is 2.09. The van der Waals surface area contributed by atoms with Gasteiger partial charge in [0.1, 0.15) is 6.54 Å². The highest BCUT2D eigenvalue weighted by Crippen LogP contribution is 2.30. The molecule has 0 unspecified atom stereocenters. The smallest absolute Gasteiger partial charge is 0.269 e. The summed E-state index contributed by atoms with van der Waals surface area (Å²) in [5, 5.41) is 24.6. The Morgan fingerprint density at radius 1 is 1.26 bits per heavy atom. The van der Waals surface area contributed by atoms with Gasteiger partial charge in [0, 0.05) is 39.7 Å². The molecule has 1 heterocycles. The molecule has 7 nitrogen and oxygen atoms in total. The number of hydrogen-bond acceptors (Lipinski definition) is 4. The Balaban J connectivity index is 1.65. The third-order valence-corrected chi connectivity index (χ3v) is 5.44. The number of aromatic nitrogens is 1. The fourth-order valence-electron chi connectivity index (χ4n) is 2.94. The number of rotatable bonds is 6. The highest BCUT2D eigenvalue weighted by Gasteiger charge is 2.16. The number of nitrogens with one attached hydrogen (secondary N) is 1. The maximum Gasteiger partial charge on any atom is 0.269 e. The van der Waals surface area contributed by atoms with Crippen LogP contribution in [0.1, 0.15) is 17.4 Å². The van der Waals surface area contributed by atoms with Crippen molar-refractivity contribution in [3.63, 3.8) is 0 Å². The van der Waals surface area contributed by atoms with Crippen LogP contribution in [0.2, 0.25) is 0 Å². The molecule has 3 aromatic rings. The first-order chi connectivity index (χ1) is 12.9. The lowest BCUT2D eigenvalue weighted by atomic mass is 10.1. The second-order valence-electron chi connectivity index (χ2n) is 6.17. The van der Waals surface area contributed by atoms with Crippen molar-refractivity contribution in [2.24, 2.45) is 0 Å². The van der Waals surface area contributed by atoms with E-state index in [4.69, 9.17) is 0 Å². The van der Waals surface area contributed by atoms with E-state index in [0.717, 1.165) is 21.1 Å². The zero-order valence-electron chi connectivity index (χ0n) is 14.6. The van der Waals surface area contributed by atoms with Crippen LogP contribution in [0.3, 0.4) is 0 Å². The lowest BCUT2D eigenvalue weighted by Crippen LogP contribution is -2.31. The molecule has 27 heavy (non-hydrogen) atoms. The van der Waals surface area contributed by atoms with E-state index in [1.54, 1.807) is 0 Å². The molecule has 140 valence electrons. The van der Waals surface area contributed by atoms with E-state index in [0.29, 0.717) is 5.56 Å². The van der Waals surface area contributed by atoms with E-state index in [1.807, 2.05) is 35.8 Å². The minimum absolute atomic E-state index is 0.0239. The highest BCUT2D eigenvalue weighted by molar-refractivity contribution is 9.10. The van der Waals surface area contributed by atoms with Crippen LogP contribution in [0.15, 0.2) is 53.0 Å². The van der Waals surface area contributed by atoms with E-state index in [2.05, 4.69) is 21.2 Å². The number of aliphatic hydroxyl groups is 1. The monoisotopic (exact) mass is 431 g/mol. The van der Waals surface area contributed by atoms with E-state index < -0.39 is 11.0 Å². The third kappa shape index (κ3) is 4.01. The summed E-state index contributed by atoms with van der Waals surface area (Å²) in [7, 11) is 0. The Kier molecular flexibility index (Phi) is 5.57. The summed E-state index contributed by atoms with van der Waals surface area (Å²) in [6, 6.07) is 13.4. The number of nitrogens with zero attached hydrogens (tertiary/aromatic N) is 2. The number of halogens is 1. The number of carbonyl (C=O) groups excluding carboxylic acids is 1. The van der Waals surface area contributed by atoms with Gasteiger partial charge in [-0.1, -0.05) is 18.2 Å². The molecule has 0 saturated heterocycles. The fourth-order valence-corrected chi connectivity index (χ4v) is 3.49. The van der Waals surface area contributed by atoms with Crippen molar-refractivity contribution in [3.05, 3.63) is 74.4 Å². The van der Waals surface area contributed by atoms with Crippen LogP contribution in [0.25, 0.3) is 10.9 Å². The number of fused-ring (bicyclic) bond motifs is 1. The summed E-state index contributed by atoms with van der Waals surface area (Å²) >= 11 is 3.56. The third-order valence-electron chi connectivity index (χ3n) is 4.44. The quantitative estimate of drug-likeness (QED) is 0.461. The van der Waals surface area contributed by atoms with Gasteiger partial charge in [-0.3, -0.25) is 14.9 Å². The van der Waals surface area contributed by atoms with Gasteiger partial charge in [-0.05, 0) is 46.6 Å². The molecular weight excluding hydrogens is 414 g/mol. The maximum atomic E-state index is 12.3. The van der Waals surface area contributed by atoms with Crippen molar-refractivity contribution in [2.45, 2.75) is 19.6 Å². The average molecular weight is 432 g/mol. The van der Waals surface area contributed by atoms with Gasteiger partial charge in [0.25, 0.3) is 5.69 Å². The lowest BCUT2D eigenvalue weighted by Gasteiger charge is -2.13. The van der Waals surface area contributed by atoms with E-state index in [9.17, 15) is 20.0 Å². The van der Waals surface area contributed by atoms with Crippen molar-refractivity contribution in [1.82, 2.24) is 9.88 Å². The zero-order chi connectivity index (χ0) is 19.6. The molecule has 0 fully saturated rings. The summed E-state index contributed by atoms with van der Waals surface area (Å²) < 4.78 is 2.87. The number of para-hydroxylation sites is 1. The van der Waals surface area contributed by atoms with Crippen molar-refractivity contribution in [1.29, 1.82) is 0 Å². The van der Waals surface area contributed by atoms with Gasteiger partial charge < -0.3 is 15.0 Å². The number of non-ortho nitro benzene ring substituents is 1. The number of nitro groups is 1. The number of amides is 1. The molecule has 0 aliphatic carbocycles. The minimum Gasteiger partial charge on any atom is -0.387 e. The topological polar surface area (TPSA) is 97.4 Å². The molecule has 0 radical (unpaired) electrons. The summed E-state index contributed by atoms with van der Waals surface area (Å²) in [6.07, 6.45) is -0.941. The number of benzene rings is 2. The molecular formula is C19H18BrN3O4. The van der Waals surface area contributed by atoms with Gasteiger partial charge in [-0.25, -0.2) is 0 Å². The van der Waals surface area contributed by atoms with Crippen LogP contribution in [0, 0.1) is 17.0 Å². The van der Waals surface area contributed by atoms with Crippen molar-refractivity contribution in [2.75, 3.05) is 6.54 Å². The molecule has 1 amide bonds. The first kappa shape index (κ1) is 19.1. The lowest BCUT2D eigenvalue weighted by molar-refractivity contribution is -0.384. The predicted octanol–water partition coefficient (Wildman–Crippen LogP) is 3.47. The second-order valence-corrected chi connectivity index (χ2v) is 6.96. The number of hydrogen-bond donors (Lipinski definition) is 2. The van der Waals surface area contributed by atoms with Gasteiger partial charge in [0.2, 0.25) is 5.91 Å². The number of carbonyl (C=O) groups is 1. The van der Waals surface area contributed by atoms with Crippen LogP contribution in [-0.2, 0) is 11.3 Å². The molecule has 0 bridgehead atoms. The largest absolute Gasteiger partial charge is 0.387 e. The molecule has 8 heteroatoms. The molecule has 0 aliphatic rings. The molecule has 1 aromatic heterocycles. The fraction of sp³-hybridized carbons (Fsp3) is 0.211. The predicted molar refractivity (Wildman–Crippen MR) is 105 cm³/mol. The molecule has 0 saturated carbocycles. The van der Waals surface area contributed by atoms with E-state index in [-0.39, 0.29) is 24.7 Å². The maximum absolute atomic E-state index is 12.3. The second kappa shape index (κ2) is 7.89. The summed E-state index contributed by atoms with van der Waals surface area (Å²) in [4.78, 5) is 22.5. The highest BCUT2D eigenvalue weighted by atomic mass is 79.9. The first-order valence-electron chi connectivity index (χ1n) is 8.31. The van der Waals surface area contributed by atoms with Crippen molar-refractivity contribution >= 4 is 38.4 Å². The molecule has 2 N–H and O–H groups in total. The van der Waals surface area contributed by atoms with Crippen LogP contribution in [0.5, 0.6) is 0 Å². The van der Waals surface area contributed by atoms with Gasteiger partial charge in [0.15, 0.2) is 0 Å². The Hall–Kier alpha value is -2.71. The summed E-state index contributed by atoms with van der Waals surface area (Å²) in [5.41, 5.74) is 2.36. The molecule has 0 spiro atoms. The normalized spacial score (nSPS) is 12.1. The molecule has 0 aliphatic heterocycles. The van der Waals surface area contributed by atoms with Gasteiger partial charge in [-0.2, -0.15) is 0 Å². The zero-order valence-corrected chi connectivity index (χ0v) is 16.1. The van der Waals surface area contributed by atoms with Crippen LogP contribution >= 0.6 is 15.9 Å². The number of aliphatic hydroxyl groups excluding tert-OH is 1. The Morgan fingerprint density at radius 2 is 1.93 bits per heavy atom. The molecule has 1 atom stereocenters. The molecule has 2 aromatic carbocycles. The molecule has 3 rings (SSSR count). The number of nitro benzene ring substituents is 1. The van der Waals surface area contributed by atoms with Crippen LogP contribution in [0.4, 0.5) is 5.69 Å². The van der Waals surface area contributed by atoms with Crippen molar-refractivity contribution in [3.8, 4) is 0 Å². The van der Waals surface area contributed by atoms with Gasteiger partial charge in [0.05, 0.1) is 11.0 Å². The Morgan fingerprint density at radius 3 is 2.59 bits per heavy atom. The minimum atomic E-state index is -0.941. The first-order valence-corrected chi connectivity index (χ1v) is 9.10. The Bertz CT molecular complexity index is 998. The van der Waals surface area contributed by atoms with Crippen LogP contribution < -0.4 is 5.32 Å². The summed E-state index contributed by atoms with van der Waals surface area (Å²) in [5.74, 6) is -0.229. The Labute approximate surface area is 163 Å². The van der Waals surface area contributed by atoms with Gasteiger partial charge in [-0.15, -0.1) is 0 Å². The standard InChI is InChI=1S/C19H18BrN3O4/c1-12-19(20)15-4-2-3-5-16(15)22(12)11-18(25)21-10-17(24)13-6-8-14(9-7-13)23(26)27/h2-9,17,24H,10-11H2,1H3,(H,21,25)/t17-/m0/s1. The SMILES string of the molecule is Cc1c(Br)c2ccccc2n1CC(=O)NC[C@H](O)c1ccc([N+](=O)[O-])cc1. The van der Waals surface area contributed by atoms with Gasteiger partial charge >= 0.3 is 0 Å². The van der Waals surface area contributed by atoms with Crippen LogP contribution in [-0.4, -0.2) is 27.0 Å². The van der Waals surface area contributed by atoms with Crippen molar-refractivity contribution < 1.29 is 14.8 Å². The average Bonchev–Trinajstić information content (AvgIpc) is 2.91. The van der Waals surface area contributed by atoms with E-state index >= 15 is 0 Å². The van der Waals surface area contributed by atoms with E-state index in [1.165, 1.54) is 24.3 Å².